The van der Waals surface area contributed by atoms with Gasteiger partial charge in [0.15, 0.2) is 11.6 Å². The van der Waals surface area contributed by atoms with E-state index in [-0.39, 0.29) is 30.5 Å². The van der Waals surface area contributed by atoms with Crippen LogP contribution < -0.4 is 4.74 Å². The number of hydrogen-bond acceptors (Lipinski definition) is 5. The van der Waals surface area contributed by atoms with Crippen LogP contribution in [0.1, 0.15) is 60.5 Å². The normalized spacial score (nSPS) is 11.1. The van der Waals surface area contributed by atoms with Crippen molar-refractivity contribution in [1.82, 2.24) is 4.98 Å². The predicted octanol–water partition coefficient (Wildman–Crippen LogP) is 6.86. The summed E-state index contributed by atoms with van der Waals surface area (Å²) in [5, 5.41) is 0.993. The van der Waals surface area contributed by atoms with Crippen LogP contribution >= 0.6 is 23.2 Å². The van der Waals surface area contributed by atoms with Gasteiger partial charge in [-0.3, -0.25) is 9.59 Å². The molecule has 0 N–H and O–H groups in total. The quantitative estimate of drug-likeness (QED) is 0.317. The van der Waals surface area contributed by atoms with Crippen LogP contribution in [0.4, 0.5) is 0 Å². The van der Waals surface area contributed by atoms with Crippen LogP contribution in [0.5, 0.6) is 5.75 Å². The molecule has 0 aliphatic heterocycles. The van der Waals surface area contributed by atoms with Gasteiger partial charge in [0, 0.05) is 29.3 Å². The molecule has 1 aromatic heterocycles. The number of halogens is 2. The zero-order chi connectivity index (χ0) is 23.4. The van der Waals surface area contributed by atoms with Crippen molar-refractivity contribution in [3.05, 3.63) is 69.0 Å². The molecule has 2 aromatic carbocycles. The lowest BCUT2D eigenvalue weighted by Gasteiger charge is -2.09. The van der Waals surface area contributed by atoms with Gasteiger partial charge in [-0.05, 0) is 55.8 Å². The molecule has 5 nitrogen and oxygen atoms in total. The third-order valence-corrected chi connectivity index (χ3v) is 5.49. The molecule has 0 aliphatic rings. The number of ketones is 2. The molecule has 168 valence electrons. The molecule has 0 bridgehead atoms. The van der Waals surface area contributed by atoms with E-state index in [1.807, 2.05) is 20.8 Å². The molecule has 0 atom stereocenters. The topological polar surface area (TPSA) is 69.4 Å². The Morgan fingerprint density at radius 2 is 1.88 bits per heavy atom. The molecule has 32 heavy (non-hydrogen) atoms. The Balaban J connectivity index is 1.77. The summed E-state index contributed by atoms with van der Waals surface area (Å²) in [5.41, 5.74) is 2.82. The minimum atomic E-state index is -0.0596. The van der Waals surface area contributed by atoms with Crippen molar-refractivity contribution in [2.75, 3.05) is 6.61 Å². The molecule has 0 unspecified atom stereocenters. The number of carbonyl (C=O) groups excluding carboxylic acids is 2. The number of hydrogen-bond donors (Lipinski definition) is 0. The standard InChI is InChI=1S/C25H25Cl2NO4/c1-14(2)24-22(28-25(32-24)20-7-5-17(26)12-21(20)27)9-10-23(30)19-8-6-18(11-15(19)3)31-13-16(4)29/h5-8,11-12,14H,9-10,13H2,1-4H3. The lowest BCUT2D eigenvalue weighted by atomic mass is 9.99. The van der Waals surface area contributed by atoms with E-state index in [0.29, 0.717) is 39.2 Å². The first-order valence-corrected chi connectivity index (χ1v) is 11.1. The maximum absolute atomic E-state index is 12.9. The zero-order valence-corrected chi connectivity index (χ0v) is 20.0. The van der Waals surface area contributed by atoms with E-state index < -0.39 is 0 Å². The van der Waals surface area contributed by atoms with E-state index in [0.717, 1.165) is 17.0 Å². The second kappa shape index (κ2) is 10.3. The zero-order valence-electron chi connectivity index (χ0n) is 18.5. The Labute approximate surface area is 197 Å². The van der Waals surface area contributed by atoms with Gasteiger partial charge in [-0.2, -0.15) is 0 Å². The molecule has 3 rings (SSSR count). The van der Waals surface area contributed by atoms with Crippen LogP contribution in [0.2, 0.25) is 10.0 Å². The van der Waals surface area contributed by atoms with E-state index >= 15 is 0 Å². The molecule has 0 saturated carbocycles. The maximum Gasteiger partial charge on any atom is 0.228 e. The average molecular weight is 474 g/mol. The van der Waals surface area contributed by atoms with Gasteiger partial charge in [-0.15, -0.1) is 0 Å². The molecule has 3 aromatic rings. The fraction of sp³-hybridized carbons (Fsp3) is 0.320. The largest absolute Gasteiger partial charge is 0.486 e. The second-order valence-corrected chi connectivity index (χ2v) is 8.84. The van der Waals surface area contributed by atoms with Crippen LogP contribution in [-0.4, -0.2) is 23.2 Å². The summed E-state index contributed by atoms with van der Waals surface area (Å²) in [7, 11) is 0. The van der Waals surface area contributed by atoms with E-state index in [1.54, 1.807) is 36.4 Å². The molecule has 7 heteroatoms. The number of rotatable bonds is 9. The minimum Gasteiger partial charge on any atom is -0.486 e. The molecule has 0 aliphatic carbocycles. The van der Waals surface area contributed by atoms with Gasteiger partial charge in [-0.1, -0.05) is 37.0 Å². The number of Topliss-reactive ketones (excluding diaryl/α,β-unsaturated/α-hetero) is 2. The summed E-state index contributed by atoms with van der Waals surface area (Å²) in [6.45, 7) is 7.36. The van der Waals surface area contributed by atoms with Crippen LogP contribution in [0.25, 0.3) is 11.5 Å². The number of benzene rings is 2. The lowest BCUT2D eigenvalue weighted by molar-refractivity contribution is -0.118. The smallest absolute Gasteiger partial charge is 0.228 e. The highest BCUT2D eigenvalue weighted by Crippen LogP contribution is 2.33. The second-order valence-electron chi connectivity index (χ2n) is 8.00. The van der Waals surface area contributed by atoms with Gasteiger partial charge >= 0.3 is 0 Å². The van der Waals surface area contributed by atoms with Crippen molar-refractivity contribution < 1.29 is 18.7 Å². The number of aromatic nitrogens is 1. The van der Waals surface area contributed by atoms with Crippen molar-refractivity contribution in [1.29, 1.82) is 0 Å². The number of ether oxygens (including phenoxy) is 1. The van der Waals surface area contributed by atoms with Gasteiger partial charge in [0.2, 0.25) is 5.89 Å². The average Bonchev–Trinajstić information content (AvgIpc) is 3.14. The fourth-order valence-electron chi connectivity index (χ4n) is 3.36. The van der Waals surface area contributed by atoms with Gasteiger partial charge in [0.1, 0.15) is 18.1 Å². The number of nitrogens with zero attached hydrogens (tertiary/aromatic N) is 1. The minimum absolute atomic E-state index is 0.00407. The van der Waals surface area contributed by atoms with Gasteiger partial charge < -0.3 is 9.15 Å². The Morgan fingerprint density at radius 3 is 2.50 bits per heavy atom. The maximum atomic E-state index is 12.9. The Bertz CT molecular complexity index is 1150. The summed E-state index contributed by atoms with van der Waals surface area (Å²) >= 11 is 12.3. The van der Waals surface area contributed by atoms with E-state index in [1.165, 1.54) is 6.92 Å². The highest BCUT2D eigenvalue weighted by Gasteiger charge is 2.20. The summed E-state index contributed by atoms with van der Waals surface area (Å²) in [4.78, 5) is 28.6. The number of oxazole rings is 1. The van der Waals surface area contributed by atoms with Crippen molar-refractivity contribution in [3.8, 4) is 17.2 Å². The molecule has 0 amide bonds. The van der Waals surface area contributed by atoms with E-state index in [2.05, 4.69) is 4.98 Å². The molecule has 1 heterocycles. The monoisotopic (exact) mass is 473 g/mol. The molecular weight excluding hydrogens is 449 g/mol. The lowest BCUT2D eigenvalue weighted by Crippen LogP contribution is -2.08. The van der Waals surface area contributed by atoms with Crippen LogP contribution in [0.15, 0.2) is 40.8 Å². The number of aryl methyl sites for hydroxylation is 2. The van der Waals surface area contributed by atoms with Crippen LogP contribution in [0.3, 0.4) is 0 Å². The van der Waals surface area contributed by atoms with Crippen LogP contribution in [0, 0.1) is 6.92 Å². The Morgan fingerprint density at radius 1 is 1.12 bits per heavy atom. The summed E-state index contributed by atoms with van der Waals surface area (Å²) in [6, 6.07) is 10.4. The van der Waals surface area contributed by atoms with Gasteiger partial charge in [0.05, 0.1) is 16.3 Å². The van der Waals surface area contributed by atoms with E-state index in [4.69, 9.17) is 32.4 Å². The number of carbonyl (C=O) groups is 2. The Kier molecular flexibility index (Phi) is 7.75. The van der Waals surface area contributed by atoms with Crippen molar-refractivity contribution in [2.45, 2.75) is 46.5 Å². The first kappa shape index (κ1) is 24.0. The summed E-state index contributed by atoms with van der Waals surface area (Å²) in [6.07, 6.45) is 0.734. The molecule has 0 saturated heterocycles. The third-order valence-electron chi connectivity index (χ3n) is 4.94. The van der Waals surface area contributed by atoms with E-state index in [9.17, 15) is 9.59 Å². The van der Waals surface area contributed by atoms with Crippen LogP contribution in [-0.2, 0) is 11.2 Å². The highest BCUT2D eigenvalue weighted by molar-refractivity contribution is 6.36. The summed E-state index contributed by atoms with van der Waals surface area (Å²) < 4.78 is 11.4. The molecule has 0 radical (unpaired) electrons. The third kappa shape index (κ3) is 5.78. The molecule has 0 spiro atoms. The first-order valence-electron chi connectivity index (χ1n) is 10.4. The fourth-order valence-corrected chi connectivity index (χ4v) is 3.85. The molecule has 0 fully saturated rings. The predicted molar refractivity (Wildman–Crippen MR) is 126 cm³/mol. The van der Waals surface area contributed by atoms with Crippen molar-refractivity contribution in [3.63, 3.8) is 0 Å². The highest BCUT2D eigenvalue weighted by atomic mass is 35.5. The van der Waals surface area contributed by atoms with Crippen molar-refractivity contribution >= 4 is 34.8 Å². The summed E-state index contributed by atoms with van der Waals surface area (Å²) in [5.74, 6) is 1.77. The Hall–Kier alpha value is -2.63. The first-order chi connectivity index (χ1) is 15.2. The van der Waals surface area contributed by atoms with Gasteiger partial charge in [0.25, 0.3) is 0 Å². The van der Waals surface area contributed by atoms with Crippen molar-refractivity contribution in [2.24, 2.45) is 0 Å². The SMILES string of the molecule is CC(=O)COc1ccc(C(=O)CCc2nc(-c3ccc(Cl)cc3Cl)oc2C(C)C)c(C)c1. The molecular formula is C25H25Cl2NO4. The van der Waals surface area contributed by atoms with Gasteiger partial charge in [-0.25, -0.2) is 4.98 Å².